The van der Waals surface area contributed by atoms with Crippen LogP contribution in [0.25, 0.3) is 0 Å². The van der Waals surface area contributed by atoms with Gasteiger partial charge in [0, 0.05) is 5.69 Å². The predicted molar refractivity (Wildman–Crippen MR) is 92.4 cm³/mol. The summed E-state index contributed by atoms with van der Waals surface area (Å²) in [6.45, 7) is 2.06. The van der Waals surface area contributed by atoms with Crippen LogP contribution in [0.5, 0.6) is 5.75 Å². The average molecular weight is 317 g/mol. The van der Waals surface area contributed by atoms with E-state index in [-0.39, 0.29) is 0 Å². The van der Waals surface area contributed by atoms with Crippen LogP contribution in [0.4, 0.5) is 10.5 Å². The van der Waals surface area contributed by atoms with Crippen LogP contribution >= 0.6 is 24.0 Å². The molecule has 5 heteroatoms. The van der Waals surface area contributed by atoms with Gasteiger partial charge in [-0.15, -0.1) is 11.8 Å². The van der Waals surface area contributed by atoms with Gasteiger partial charge in [-0.25, -0.2) is 4.79 Å². The molecule has 0 radical (unpaired) electrons. The highest BCUT2D eigenvalue weighted by molar-refractivity contribution is 8.23. The van der Waals surface area contributed by atoms with Crippen LogP contribution in [0.15, 0.2) is 54.6 Å². The van der Waals surface area contributed by atoms with Crippen molar-refractivity contribution >= 4 is 40.0 Å². The normalized spacial score (nSPS) is 9.95. The van der Waals surface area contributed by atoms with Crippen molar-refractivity contribution in [2.24, 2.45) is 0 Å². The largest absolute Gasteiger partial charge is 0.417 e. The summed E-state index contributed by atoms with van der Waals surface area (Å²) >= 11 is 6.90. The van der Waals surface area contributed by atoms with E-state index < -0.39 is 6.09 Å². The summed E-state index contributed by atoms with van der Waals surface area (Å²) in [4.78, 5) is 11.7. The lowest BCUT2D eigenvalue weighted by atomic mass is 10.2. The van der Waals surface area contributed by atoms with E-state index in [0.717, 1.165) is 15.5 Å². The van der Waals surface area contributed by atoms with Gasteiger partial charge in [0.25, 0.3) is 0 Å². The minimum Gasteiger partial charge on any atom is -0.410 e. The molecule has 0 fully saturated rings. The minimum atomic E-state index is -0.514. The molecule has 3 nitrogen and oxygen atoms in total. The van der Waals surface area contributed by atoms with E-state index >= 15 is 0 Å². The first-order chi connectivity index (χ1) is 10.2. The number of benzene rings is 2. The molecular weight excluding hydrogens is 302 g/mol. The maximum Gasteiger partial charge on any atom is 0.417 e. The van der Waals surface area contributed by atoms with Crippen LogP contribution in [-0.4, -0.2) is 16.0 Å². The molecule has 2 rings (SSSR count). The number of anilines is 1. The van der Waals surface area contributed by atoms with Crippen molar-refractivity contribution in [2.75, 3.05) is 11.1 Å². The van der Waals surface area contributed by atoms with Gasteiger partial charge in [0.15, 0.2) is 0 Å². The number of ether oxygens (including phenoxy) is 1. The van der Waals surface area contributed by atoms with Crippen molar-refractivity contribution in [1.29, 1.82) is 0 Å². The molecule has 2 aromatic rings. The number of amides is 1. The molecule has 0 aromatic heterocycles. The highest BCUT2D eigenvalue weighted by Gasteiger charge is 2.06. The summed E-state index contributed by atoms with van der Waals surface area (Å²) in [5, 5.41) is 2.66. The van der Waals surface area contributed by atoms with Crippen LogP contribution in [0.3, 0.4) is 0 Å². The van der Waals surface area contributed by atoms with E-state index in [2.05, 4.69) is 12.2 Å². The Bertz CT molecular complexity index is 612. The monoisotopic (exact) mass is 317 g/mol. The first-order valence-electron chi connectivity index (χ1n) is 6.50. The highest BCUT2D eigenvalue weighted by Crippen LogP contribution is 2.18. The van der Waals surface area contributed by atoms with E-state index in [9.17, 15) is 4.79 Å². The van der Waals surface area contributed by atoms with Crippen LogP contribution in [-0.2, 0) is 0 Å². The molecule has 0 heterocycles. The van der Waals surface area contributed by atoms with E-state index in [4.69, 9.17) is 17.0 Å². The van der Waals surface area contributed by atoms with E-state index in [1.54, 1.807) is 36.0 Å². The molecular formula is C16H15NO2S2. The minimum absolute atomic E-state index is 0.483. The van der Waals surface area contributed by atoms with Gasteiger partial charge in [0.1, 0.15) is 5.75 Å². The van der Waals surface area contributed by atoms with Crippen LogP contribution in [0, 0.1) is 0 Å². The number of carbonyl (C=O) groups is 1. The first-order valence-corrected chi connectivity index (χ1v) is 7.89. The number of hydrogen-bond donors (Lipinski definition) is 1. The van der Waals surface area contributed by atoms with Crippen molar-refractivity contribution in [3.05, 3.63) is 60.2 Å². The fourth-order valence-electron chi connectivity index (χ4n) is 1.65. The Morgan fingerprint density at radius 3 is 2.43 bits per heavy atom. The number of nitrogens with one attached hydrogen (secondary N) is 1. The number of carbonyl (C=O) groups excluding carboxylic acids is 1. The predicted octanol–water partition coefficient (Wildman–Crippen LogP) is 4.73. The molecule has 0 saturated heterocycles. The third-order valence-electron chi connectivity index (χ3n) is 2.60. The summed E-state index contributed by atoms with van der Waals surface area (Å²) < 4.78 is 6.06. The molecule has 0 atom stereocenters. The molecule has 108 valence electrons. The third kappa shape index (κ3) is 4.88. The number of hydrogen-bond acceptors (Lipinski definition) is 4. The zero-order valence-corrected chi connectivity index (χ0v) is 13.2. The Morgan fingerprint density at radius 2 is 1.81 bits per heavy atom. The van der Waals surface area contributed by atoms with Crippen molar-refractivity contribution in [2.45, 2.75) is 6.92 Å². The second kappa shape index (κ2) is 7.81. The lowest BCUT2D eigenvalue weighted by Gasteiger charge is -2.07. The molecule has 0 saturated carbocycles. The zero-order valence-electron chi connectivity index (χ0n) is 11.5. The molecule has 0 aliphatic rings. The summed E-state index contributed by atoms with van der Waals surface area (Å²) in [6.07, 6.45) is -0.514. The van der Waals surface area contributed by atoms with Crippen molar-refractivity contribution < 1.29 is 9.53 Å². The smallest absolute Gasteiger partial charge is 0.410 e. The number of para-hydroxylation sites is 1. The van der Waals surface area contributed by atoms with Crippen LogP contribution in [0.1, 0.15) is 12.5 Å². The number of thioether (sulfide) groups is 1. The van der Waals surface area contributed by atoms with E-state index in [1.165, 1.54) is 0 Å². The van der Waals surface area contributed by atoms with Gasteiger partial charge in [-0.05, 0) is 47.7 Å². The Labute approximate surface area is 133 Å². The standard InChI is InChI=1S/C16H15NO2S2/c1-2-21-15(20)12-8-10-14(11-9-12)19-16(18)17-13-6-4-3-5-7-13/h3-11H,2H2,1H3,(H,17,18). The summed E-state index contributed by atoms with van der Waals surface area (Å²) in [7, 11) is 0. The summed E-state index contributed by atoms with van der Waals surface area (Å²) in [5.41, 5.74) is 1.66. The van der Waals surface area contributed by atoms with Gasteiger partial charge in [-0.2, -0.15) is 0 Å². The molecule has 0 aliphatic carbocycles. The Hall–Kier alpha value is -1.85. The van der Waals surface area contributed by atoms with Crippen LogP contribution < -0.4 is 10.1 Å². The second-order valence-corrected chi connectivity index (χ2v) is 6.07. The maximum atomic E-state index is 11.7. The lowest BCUT2D eigenvalue weighted by molar-refractivity contribution is 0.215. The molecule has 21 heavy (non-hydrogen) atoms. The lowest BCUT2D eigenvalue weighted by Crippen LogP contribution is -2.16. The van der Waals surface area contributed by atoms with Crippen molar-refractivity contribution in [1.82, 2.24) is 0 Å². The number of thiocarbonyl (C=S) groups is 1. The topological polar surface area (TPSA) is 38.3 Å². The first kappa shape index (κ1) is 15.5. The molecule has 0 bridgehead atoms. The third-order valence-corrected chi connectivity index (χ3v) is 3.97. The van der Waals surface area contributed by atoms with Gasteiger partial charge < -0.3 is 4.74 Å². The van der Waals surface area contributed by atoms with Gasteiger partial charge >= 0.3 is 6.09 Å². The summed E-state index contributed by atoms with van der Waals surface area (Å²) in [6, 6.07) is 16.4. The molecule has 0 aliphatic heterocycles. The Kier molecular flexibility index (Phi) is 5.78. The highest BCUT2D eigenvalue weighted by atomic mass is 32.2. The maximum absolute atomic E-state index is 11.7. The summed E-state index contributed by atoms with van der Waals surface area (Å²) in [5.74, 6) is 1.42. The average Bonchev–Trinajstić information content (AvgIpc) is 2.49. The molecule has 0 spiro atoms. The fourth-order valence-corrected chi connectivity index (χ4v) is 2.70. The molecule has 1 N–H and O–H groups in total. The molecule has 2 aromatic carbocycles. The fraction of sp³-hybridized carbons (Fsp3) is 0.125. The Morgan fingerprint density at radius 1 is 1.14 bits per heavy atom. The number of rotatable bonds is 4. The Balaban J connectivity index is 1.94. The SMILES string of the molecule is CCSC(=S)c1ccc(OC(=O)Nc2ccccc2)cc1. The van der Waals surface area contributed by atoms with Gasteiger partial charge in [-0.1, -0.05) is 37.3 Å². The van der Waals surface area contributed by atoms with Crippen molar-refractivity contribution in [3.63, 3.8) is 0 Å². The van der Waals surface area contributed by atoms with Gasteiger partial charge in [0.05, 0.1) is 4.20 Å². The van der Waals surface area contributed by atoms with E-state index in [1.807, 2.05) is 30.3 Å². The zero-order chi connectivity index (χ0) is 15.1. The second-order valence-electron chi connectivity index (χ2n) is 4.13. The van der Waals surface area contributed by atoms with Gasteiger partial charge in [-0.3, -0.25) is 5.32 Å². The quantitative estimate of drug-likeness (QED) is 0.828. The van der Waals surface area contributed by atoms with Gasteiger partial charge in [0.2, 0.25) is 0 Å². The molecule has 1 amide bonds. The van der Waals surface area contributed by atoms with Crippen LogP contribution in [0.2, 0.25) is 0 Å². The van der Waals surface area contributed by atoms with Crippen molar-refractivity contribution in [3.8, 4) is 5.75 Å². The molecule has 0 unspecified atom stereocenters. The van der Waals surface area contributed by atoms with E-state index in [0.29, 0.717) is 11.4 Å².